The lowest BCUT2D eigenvalue weighted by Gasteiger charge is -2.25. The molecule has 0 saturated carbocycles. The van der Waals surface area contributed by atoms with Crippen LogP contribution in [0.4, 0.5) is 15.3 Å². The number of likely N-dealkylation sites (N-methyl/N-ethyl adjacent to an activating group) is 1. The van der Waals surface area contributed by atoms with Crippen molar-refractivity contribution in [2.24, 2.45) is 0 Å². The standard InChI is InChI=1S/C30H33ClFN7O2S/c1-3-23(40)34-17-7-5-13-39(14-11-17)28-20-15-21(31)24(19-9-4-10-22-26(19)35-29(33)42-22)25(32)27(20)36-30(37-28)41-16-18-8-6-12-38(18)2/h3-4,9-10,15,17-18H,1,5-8,11-14,16H2,2H3,(H2,33,35)(H,34,40)/t17?,18-/m0/s1. The summed E-state index contributed by atoms with van der Waals surface area (Å²) in [5.74, 6) is -0.185. The minimum absolute atomic E-state index is 0.0141. The van der Waals surface area contributed by atoms with Gasteiger partial charge < -0.3 is 25.6 Å². The Balaban J connectivity index is 1.44. The molecule has 1 unspecified atom stereocenters. The van der Waals surface area contributed by atoms with Crippen molar-refractivity contribution in [1.29, 1.82) is 0 Å². The first-order chi connectivity index (χ1) is 20.3. The van der Waals surface area contributed by atoms with Gasteiger partial charge in [-0.2, -0.15) is 9.97 Å². The van der Waals surface area contributed by atoms with E-state index in [1.54, 1.807) is 12.1 Å². The maximum absolute atomic E-state index is 16.6. The molecule has 220 valence electrons. The Morgan fingerprint density at radius 2 is 2.05 bits per heavy atom. The van der Waals surface area contributed by atoms with E-state index in [-0.39, 0.29) is 40.1 Å². The first-order valence-corrected chi connectivity index (χ1v) is 15.4. The number of carbonyl (C=O) groups excluding carboxylic acids is 1. The smallest absolute Gasteiger partial charge is 0.319 e. The van der Waals surface area contributed by atoms with E-state index < -0.39 is 5.82 Å². The third-order valence-electron chi connectivity index (χ3n) is 8.18. The number of nitrogens with two attached hydrogens (primary N) is 1. The number of aromatic nitrogens is 3. The molecule has 2 saturated heterocycles. The number of nitrogen functional groups attached to an aromatic ring is 1. The van der Waals surface area contributed by atoms with E-state index in [4.69, 9.17) is 27.1 Å². The van der Waals surface area contributed by atoms with Gasteiger partial charge in [-0.25, -0.2) is 9.37 Å². The molecule has 2 aliphatic rings. The summed E-state index contributed by atoms with van der Waals surface area (Å²) >= 11 is 8.17. The van der Waals surface area contributed by atoms with Crippen LogP contribution >= 0.6 is 22.9 Å². The zero-order valence-electron chi connectivity index (χ0n) is 23.4. The van der Waals surface area contributed by atoms with Crippen LogP contribution in [0, 0.1) is 5.82 Å². The Labute approximate surface area is 252 Å². The maximum Gasteiger partial charge on any atom is 0.319 e. The molecule has 2 aromatic carbocycles. The molecule has 12 heteroatoms. The van der Waals surface area contributed by atoms with Gasteiger partial charge in [0.25, 0.3) is 0 Å². The van der Waals surface area contributed by atoms with Crippen LogP contribution in [0.5, 0.6) is 6.01 Å². The summed E-state index contributed by atoms with van der Waals surface area (Å²) in [6.45, 7) is 6.27. The number of para-hydroxylation sites is 1. The molecule has 2 atom stereocenters. The number of amides is 1. The van der Waals surface area contributed by atoms with Crippen molar-refractivity contribution in [3.8, 4) is 17.1 Å². The Morgan fingerprint density at radius 1 is 1.21 bits per heavy atom. The number of carbonyl (C=O) groups is 1. The molecule has 4 aromatic rings. The molecule has 9 nitrogen and oxygen atoms in total. The second-order valence-corrected chi connectivity index (χ2v) is 12.4. The number of benzene rings is 2. The highest BCUT2D eigenvalue weighted by molar-refractivity contribution is 7.22. The molecule has 0 radical (unpaired) electrons. The van der Waals surface area contributed by atoms with Crippen LogP contribution in [0.2, 0.25) is 5.02 Å². The van der Waals surface area contributed by atoms with Crippen molar-refractivity contribution in [1.82, 2.24) is 25.2 Å². The van der Waals surface area contributed by atoms with Crippen molar-refractivity contribution in [2.75, 3.05) is 43.9 Å². The van der Waals surface area contributed by atoms with Gasteiger partial charge >= 0.3 is 6.01 Å². The summed E-state index contributed by atoms with van der Waals surface area (Å²) in [7, 11) is 2.08. The Hall–Kier alpha value is -3.54. The minimum Gasteiger partial charge on any atom is -0.462 e. The van der Waals surface area contributed by atoms with Crippen LogP contribution in [0.3, 0.4) is 0 Å². The fourth-order valence-corrected chi connectivity index (χ4v) is 7.01. The predicted octanol–water partition coefficient (Wildman–Crippen LogP) is 5.42. The number of fused-ring (bicyclic) bond motifs is 2. The average molecular weight is 610 g/mol. The average Bonchev–Trinajstić information content (AvgIpc) is 3.49. The number of anilines is 2. The molecule has 0 bridgehead atoms. The van der Waals surface area contributed by atoms with Crippen LogP contribution in [0.15, 0.2) is 36.9 Å². The topological polar surface area (TPSA) is 110 Å². The first kappa shape index (κ1) is 28.6. The molecule has 0 spiro atoms. The first-order valence-electron chi connectivity index (χ1n) is 14.2. The quantitative estimate of drug-likeness (QED) is 0.268. The van der Waals surface area contributed by atoms with E-state index in [9.17, 15) is 4.79 Å². The number of ether oxygens (including phenoxy) is 1. The molecule has 42 heavy (non-hydrogen) atoms. The third-order valence-corrected chi connectivity index (χ3v) is 9.33. The SMILES string of the molecule is C=CC(=O)NC1CCCN(c2nc(OC[C@@H]3CCCN3C)nc3c(F)c(-c4cccc5sc(N)nc45)c(Cl)cc23)CC1. The van der Waals surface area contributed by atoms with Crippen LogP contribution < -0.4 is 20.7 Å². The second-order valence-electron chi connectivity index (χ2n) is 10.9. The number of rotatable bonds is 7. The zero-order valence-corrected chi connectivity index (χ0v) is 25.0. The van der Waals surface area contributed by atoms with E-state index in [0.717, 1.165) is 36.9 Å². The summed E-state index contributed by atoms with van der Waals surface area (Å²) in [5.41, 5.74) is 7.48. The fraction of sp³-hybridized carbons (Fsp3) is 0.400. The fourth-order valence-electron chi connectivity index (χ4n) is 5.95. The number of hydrogen-bond donors (Lipinski definition) is 2. The zero-order chi connectivity index (χ0) is 29.4. The van der Waals surface area contributed by atoms with Crippen LogP contribution in [-0.4, -0.2) is 71.1 Å². The van der Waals surface area contributed by atoms with E-state index in [1.165, 1.54) is 17.4 Å². The van der Waals surface area contributed by atoms with Crippen molar-refractivity contribution < 1.29 is 13.9 Å². The molecule has 2 fully saturated rings. The highest BCUT2D eigenvalue weighted by atomic mass is 35.5. The summed E-state index contributed by atoms with van der Waals surface area (Å²) in [5, 5.41) is 4.14. The van der Waals surface area contributed by atoms with E-state index in [1.807, 2.05) is 12.1 Å². The molecule has 3 N–H and O–H groups in total. The number of halogens is 2. The lowest BCUT2D eigenvalue weighted by molar-refractivity contribution is -0.117. The third kappa shape index (κ3) is 5.60. The van der Waals surface area contributed by atoms with Gasteiger partial charge in [0.05, 0.1) is 15.2 Å². The van der Waals surface area contributed by atoms with Crippen LogP contribution in [-0.2, 0) is 4.79 Å². The van der Waals surface area contributed by atoms with E-state index in [0.29, 0.717) is 53.5 Å². The molecular formula is C30H33ClFN7O2S. The van der Waals surface area contributed by atoms with Crippen molar-refractivity contribution >= 4 is 60.9 Å². The van der Waals surface area contributed by atoms with E-state index >= 15 is 4.39 Å². The lowest BCUT2D eigenvalue weighted by atomic mass is 10.0. The van der Waals surface area contributed by atoms with Crippen molar-refractivity contribution in [2.45, 2.75) is 44.2 Å². The summed E-state index contributed by atoms with van der Waals surface area (Å²) in [4.78, 5) is 30.1. The predicted molar refractivity (Wildman–Crippen MR) is 167 cm³/mol. The van der Waals surface area contributed by atoms with Gasteiger partial charge in [-0.3, -0.25) is 4.79 Å². The largest absolute Gasteiger partial charge is 0.462 e. The van der Waals surface area contributed by atoms with Crippen LogP contribution in [0.1, 0.15) is 32.1 Å². The lowest BCUT2D eigenvalue weighted by Crippen LogP contribution is -2.34. The van der Waals surface area contributed by atoms with Gasteiger partial charge in [-0.1, -0.05) is 41.6 Å². The summed E-state index contributed by atoms with van der Waals surface area (Å²) < 4.78 is 23.6. The number of nitrogens with zero attached hydrogens (tertiary/aromatic N) is 5. The van der Waals surface area contributed by atoms with Gasteiger partial charge in [0.2, 0.25) is 5.91 Å². The monoisotopic (exact) mass is 609 g/mol. The van der Waals surface area contributed by atoms with Gasteiger partial charge in [-0.15, -0.1) is 0 Å². The summed E-state index contributed by atoms with van der Waals surface area (Å²) in [6, 6.07) is 7.65. The van der Waals surface area contributed by atoms with Crippen molar-refractivity contribution in [3.05, 3.63) is 47.8 Å². The van der Waals surface area contributed by atoms with E-state index in [2.05, 4.69) is 38.7 Å². The number of nitrogens with one attached hydrogen (secondary N) is 1. The number of likely N-dealkylation sites (tertiary alicyclic amines) is 1. The Morgan fingerprint density at radius 3 is 2.83 bits per heavy atom. The molecule has 0 aliphatic carbocycles. The molecule has 2 aliphatic heterocycles. The Bertz CT molecular complexity index is 1660. The minimum atomic E-state index is -0.561. The highest BCUT2D eigenvalue weighted by Crippen LogP contribution is 2.42. The van der Waals surface area contributed by atoms with Gasteiger partial charge in [-0.05, 0) is 63.9 Å². The molecule has 4 heterocycles. The summed E-state index contributed by atoms with van der Waals surface area (Å²) in [6.07, 6.45) is 5.75. The van der Waals surface area contributed by atoms with Gasteiger partial charge in [0, 0.05) is 41.7 Å². The molecule has 2 aromatic heterocycles. The van der Waals surface area contributed by atoms with Gasteiger partial charge in [0.1, 0.15) is 17.9 Å². The number of hydrogen-bond acceptors (Lipinski definition) is 9. The van der Waals surface area contributed by atoms with Crippen molar-refractivity contribution in [3.63, 3.8) is 0 Å². The van der Waals surface area contributed by atoms with Gasteiger partial charge in [0.15, 0.2) is 10.9 Å². The molecule has 1 amide bonds. The maximum atomic E-state index is 16.6. The molecular weight excluding hydrogens is 577 g/mol. The molecule has 6 rings (SSSR count). The normalized spacial score (nSPS) is 19.7. The highest BCUT2D eigenvalue weighted by Gasteiger charge is 2.27. The van der Waals surface area contributed by atoms with Crippen LogP contribution in [0.25, 0.3) is 32.2 Å². The Kier molecular flexibility index (Phi) is 8.15. The number of thiazole rings is 1. The second kappa shape index (κ2) is 12.0.